The quantitative estimate of drug-likeness (QED) is 0.163. The van der Waals surface area contributed by atoms with Gasteiger partial charge in [0, 0.05) is 57.4 Å². The Morgan fingerprint density at radius 1 is 1.00 bits per heavy atom. The fraction of sp³-hybridized carbons (Fsp3) is 0.652. The van der Waals surface area contributed by atoms with Crippen LogP contribution in [-0.2, 0) is 6.54 Å². The molecule has 7 nitrogen and oxygen atoms in total. The maximum Gasteiger partial charge on any atom is 0.251 e. The average Bonchev–Trinajstić information content (AvgIpc) is 2.69. The van der Waals surface area contributed by atoms with Gasteiger partial charge in [0.05, 0.1) is 0 Å². The maximum absolute atomic E-state index is 12.3. The van der Waals surface area contributed by atoms with Gasteiger partial charge in [0.1, 0.15) is 0 Å². The fourth-order valence-electron chi connectivity index (χ4n) is 3.31. The third kappa shape index (κ3) is 12.3. The van der Waals surface area contributed by atoms with Gasteiger partial charge in [-0.05, 0) is 65.9 Å². The molecule has 3 N–H and O–H groups in total. The number of aliphatic imine (C=N–C) groups is 1. The summed E-state index contributed by atoms with van der Waals surface area (Å²) in [5, 5.41) is 9.66. The van der Waals surface area contributed by atoms with Crippen LogP contribution in [0.4, 0.5) is 0 Å². The zero-order valence-electron chi connectivity index (χ0n) is 20.4. The van der Waals surface area contributed by atoms with Crippen molar-refractivity contribution in [2.24, 2.45) is 4.99 Å². The van der Waals surface area contributed by atoms with Crippen molar-refractivity contribution >= 4 is 35.8 Å². The summed E-state index contributed by atoms with van der Waals surface area (Å²) in [4.78, 5) is 21.1. The predicted octanol–water partition coefficient (Wildman–Crippen LogP) is 2.77. The van der Waals surface area contributed by atoms with E-state index in [-0.39, 0.29) is 29.9 Å². The van der Waals surface area contributed by atoms with Crippen molar-refractivity contribution in [2.45, 2.75) is 52.7 Å². The summed E-state index contributed by atoms with van der Waals surface area (Å²) in [6, 6.07) is 8.80. The Labute approximate surface area is 206 Å². The smallest absolute Gasteiger partial charge is 0.251 e. The van der Waals surface area contributed by atoms with E-state index in [1.165, 1.54) is 0 Å². The molecule has 0 radical (unpaired) electrons. The summed E-state index contributed by atoms with van der Waals surface area (Å²) in [6.07, 6.45) is 1.06. The lowest BCUT2D eigenvalue weighted by atomic mass is 10.1. The molecule has 1 aromatic carbocycles. The summed E-state index contributed by atoms with van der Waals surface area (Å²) in [6.45, 7) is 13.0. The fourth-order valence-corrected chi connectivity index (χ4v) is 3.31. The van der Waals surface area contributed by atoms with Crippen LogP contribution >= 0.6 is 24.0 Å². The van der Waals surface area contributed by atoms with Crippen molar-refractivity contribution in [1.29, 1.82) is 0 Å². The van der Waals surface area contributed by atoms with Crippen LogP contribution in [0.25, 0.3) is 0 Å². The standard InChI is InChI=1S/C23H42N6O.HI/c1-18(2)29(19(3)4)14-9-12-26-23(24-5)27-17-20-10-8-11-21(16-20)22(30)25-13-15-28(6)7;/h8,10-11,16,18-19H,9,12-15,17H2,1-7H3,(H,25,30)(H2,24,26,27);1H. The molecule has 0 unspecified atom stereocenters. The van der Waals surface area contributed by atoms with Crippen molar-refractivity contribution in [3.8, 4) is 0 Å². The number of hydrogen-bond acceptors (Lipinski definition) is 4. The SMILES string of the molecule is CN=C(NCCCN(C(C)C)C(C)C)NCc1cccc(C(=O)NCCN(C)C)c1.I. The molecule has 8 heteroatoms. The van der Waals surface area contributed by atoms with Gasteiger partial charge in [0.15, 0.2) is 5.96 Å². The van der Waals surface area contributed by atoms with E-state index in [1.807, 2.05) is 43.3 Å². The second-order valence-electron chi connectivity index (χ2n) is 8.39. The Bertz CT molecular complexity index is 655. The Balaban J connectivity index is 0.00000900. The number of carbonyl (C=O) groups excluding carboxylic acids is 1. The summed E-state index contributed by atoms with van der Waals surface area (Å²) in [5.74, 6) is 0.734. The van der Waals surface area contributed by atoms with Crippen molar-refractivity contribution in [1.82, 2.24) is 25.8 Å². The van der Waals surface area contributed by atoms with Gasteiger partial charge < -0.3 is 20.9 Å². The van der Waals surface area contributed by atoms with E-state index < -0.39 is 0 Å². The van der Waals surface area contributed by atoms with E-state index in [2.05, 4.69) is 53.5 Å². The lowest BCUT2D eigenvalue weighted by Crippen LogP contribution is -2.41. The molecular weight excluding hydrogens is 503 g/mol. The molecule has 178 valence electrons. The molecule has 0 aliphatic heterocycles. The molecule has 0 saturated heterocycles. The molecular formula is C23H43IN6O. The minimum atomic E-state index is -0.0407. The Morgan fingerprint density at radius 2 is 1.68 bits per heavy atom. The summed E-state index contributed by atoms with van der Waals surface area (Å²) in [5.41, 5.74) is 1.72. The second-order valence-corrected chi connectivity index (χ2v) is 8.39. The van der Waals surface area contributed by atoms with Gasteiger partial charge in [-0.15, -0.1) is 24.0 Å². The molecule has 0 saturated carbocycles. The molecule has 1 rings (SSSR count). The highest BCUT2D eigenvalue weighted by Crippen LogP contribution is 2.06. The Morgan fingerprint density at radius 3 is 2.26 bits per heavy atom. The van der Waals surface area contributed by atoms with Crippen LogP contribution in [0.1, 0.15) is 50.0 Å². The molecule has 0 bridgehead atoms. The summed E-state index contributed by atoms with van der Waals surface area (Å²) in [7, 11) is 5.76. The molecule has 0 heterocycles. The molecule has 0 aromatic heterocycles. The highest BCUT2D eigenvalue weighted by molar-refractivity contribution is 14.0. The Hall–Kier alpha value is -1.39. The van der Waals surface area contributed by atoms with Gasteiger partial charge in [-0.2, -0.15) is 0 Å². The molecule has 1 aromatic rings. The van der Waals surface area contributed by atoms with E-state index in [1.54, 1.807) is 7.05 Å². The van der Waals surface area contributed by atoms with Crippen LogP contribution in [0.3, 0.4) is 0 Å². The molecule has 0 atom stereocenters. The first-order valence-corrected chi connectivity index (χ1v) is 11.0. The molecule has 31 heavy (non-hydrogen) atoms. The van der Waals surface area contributed by atoms with Crippen LogP contribution in [-0.4, -0.2) is 81.1 Å². The summed E-state index contributed by atoms with van der Waals surface area (Å²) < 4.78 is 0. The molecule has 0 aliphatic rings. The van der Waals surface area contributed by atoms with Crippen LogP contribution in [0.5, 0.6) is 0 Å². The first-order chi connectivity index (χ1) is 14.2. The predicted molar refractivity (Wildman–Crippen MR) is 143 cm³/mol. The van der Waals surface area contributed by atoms with Gasteiger partial charge in [-0.3, -0.25) is 14.7 Å². The first-order valence-electron chi connectivity index (χ1n) is 11.0. The second kappa shape index (κ2) is 16.3. The number of likely N-dealkylation sites (N-methyl/N-ethyl adjacent to an activating group) is 1. The number of halogens is 1. The number of carbonyl (C=O) groups is 1. The summed E-state index contributed by atoms with van der Waals surface area (Å²) >= 11 is 0. The van der Waals surface area contributed by atoms with Gasteiger partial charge in [0.2, 0.25) is 0 Å². The van der Waals surface area contributed by atoms with Crippen LogP contribution in [0.15, 0.2) is 29.3 Å². The van der Waals surface area contributed by atoms with Crippen LogP contribution < -0.4 is 16.0 Å². The van der Waals surface area contributed by atoms with Crippen LogP contribution in [0.2, 0.25) is 0 Å². The number of amides is 1. The van der Waals surface area contributed by atoms with E-state index in [4.69, 9.17) is 0 Å². The minimum Gasteiger partial charge on any atom is -0.356 e. The van der Waals surface area contributed by atoms with Gasteiger partial charge in [-0.25, -0.2) is 0 Å². The lowest BCUT2D eigenvalue weighted by molar-refractivity contribution is 0.0951. The molecule has 0 spiro atoms. The molecule has 1 amide bonds. The first kappa shape index (κ1) is 29.6. The van der Waals surface area contributed by atoms with Gasteiger partial charge >= 0.3 is 0 Å². The molecule has 0 aliphatic carbocycles. The molecule has 0 fully saturated rings. The zero-order valence-corrected chi connectivity index (χ0v) is 22.7. The van der Waals surface area contributed by atoms with E-state index in [9.17, 15) is 4.79 Å². The number of hydrogen-bond donors (Lipinski definition) is 3. The topological polar surface area (TPSA) is 72.0 Å². The van der Waals surface area contributed by atoms with E-state index >= 15 is 0 Å². The largest absolute Gasteiger partial charge is 0.356 e. The monoisotopic (exact) mass is 546 g/mol. The lowest BCUT2D eigenvalue weighted by Gasteiger charge is -2.30. The number of benzene rings is 1. The number of rotatable bonds is 12. The Kier molecular flexibility index (Phi) is 15.5. The van der Waals surface area contributed by atoms with Gasteiger partial charge in [0.25, 0.3) is 5.91 Å². The minimum absolute atomic E-state index is 0. The third-order valence-corrected chi connectivity index (χ3v) is 4.93. The average molecular weight is 547 g/mol. The third-order valence-electron chi connectivity index (χ3n) is 4.93. The number of nitrogens with zero attached hydrogens (tertiary/aromatic N) is 3. The van der Waals surface area contributed by atoms with Gasteiger partial charge in [-0.1, -0.05) is 12.1 Å². The van der Waals surface area contributed by atoms with E-state index in [0.29, 0.717) is 30.7 Å². The van der Waals surface area contributed by atoms with Crippen molar-refractivity contribution in [3.05, 3.63) is 35.4 Å². The number of nitrogens with one attached hydrogen (secondary N) is 3. The highest BCUT2D eigenvalue weighted by atomic mass is 127. The van der Waals surface area contributed by atoms with Crippen molar-refractivity contribution in [3.63, 3.8) is 0 Å². The van der Waals surface area contributed by atoms with E-state index in [0.717, 1.165) is 37.6 Å². The number of guanidine groups is 1. The van der Waals surface area contributed by atoms with Crippen LogP contribution in [0, 0.1) is 0 Å². The zero-order chi connectivity index (χ0) is 22.5. The maximum atomic E-state index is 12.3. The highest BCUT2D eigenvalue weighted by Gasteiger charge is 2.12. The van der Waals surface area contributed by atoms with Crippen molar-refractivity contribution in [2.75, 3.05) is 47.3 Å². The van der Waals surface area contributed by atoms with Crippen molar-refractivity contribution < 1.29 is 4.79 Å². The normalized spacial score (nSPS) is 11.8.